The van der Waals surface area contributed by atoms with Crippen LogP contribution in [0.5, 0.6) is 0 Å². The third kappa shape index (κ3) is 4.73. The summed E-state index contributed by atoms with van der Waals surface area (Å²) in [5.74, 6) is -0.964. The van der Waals surface area contributed by atoms with Gasteiger partial charge in [-0.1, -0.05) is 6.92 Å². The molecule has 0 aliphatic heterocycles. The van der Waals surface area contributed by atoms with Gasteiger partial charge in [-0.05, 0) is 25.7 Å². The molecule has 0 spiro atoms. The van der Waals surface area contributed by atoms with Gasteiger partial charge in [-0.2, -0.15) is 0 Å². The molecule has 0 unspecified atom stereocenters. The number of carbonyl (C=O) groups is 2. The van der Waals surface area contributed by atoms with Crippen molar-refractivity contribution in [3.8, 4) is 0 Å². The molecule has 0 atom stereocenters. The first-order valence-electron chi connectivity index (χ1n) is 6.18. The van der Waals surface area contributed by atoms with E-state index in [0.29, 0.717) is 19.6 Å². The van der Waals surface area contributed by atoms with Gasteiger partial charge >= 0.3 is 5.97 Å². The predicted molar refractivity (Wildman–Crippen MR) is 62.7 cm³/mol. The number of hydrogen-bond donors (Lipinski definition) is 2. The SMILES string of the molecule is CCCOCCC(=O)NC1(CC(=O)O)CCC1. The van der Waals surface area contributed by atoms with Crippen molar-refractivity contribution in [1.82, 2.24) is 5.32 Å². The van der Waals surface area contributed by atoms with E-state index < -0.39 is 11.5 Å². The van der Waals surface area contributed by atoms with Crippen LogP contribution in [-0.2, 0) is 14.3 Å². The summed E-state index contributed by atoms with van der Waals surface area (Å²) < 4.78 is 5.22. The summed E-state index contributed by atoms with van der Waals surface area (Å²) >= 11 is 0. The lowest BCUT2D eigenvalue weighted by atomic mass is 9.74. The summed E-state index contributed by atoms with van der Waals surface area (Å²) in [6.07, 6.45) is 3.78. The maximum absolute atomic E-state index is 11.6. The third-order valence-electron chi connectivity index (χ3n) is 3.03. The first-order valence-corrected chi connectivity index (χ1v) is 6.18. The number of nitrogens with one attached hydrogen (secondary N) is 1. The van der Waals surface area contributed by atoms with Crippen LogP contribution in [0.25, 0.3) is 0 Å². The topological polar surface area (TPSA) is 75.6 Å². The number of aliphatic carboxylic acids is 1. The predicted octanol–water partition coefficient (Wildman–Crippen LogP) is 1.32. The number of rotatable bonds is 8. The first-order chi connectivity index (χ1) is 8.08. The highest BCUT2D eigenvalue weighted by atomic mass is 16.5. The third-order valence-corrected chi connectivity index (χ3v) is 3.03. The van der Waals surface area contributed by atoms with Crippen LogP contribution < -0.4 is 5.32 Å². The normalized spacial score (nSPS) is 17.2. The van der Waals surface area contributed by atoms with Gasteiger partial charge < -0.3 is 15.2 Å². The minimum atomic E-state index is -0.854. The molecule has 1 amide bonds. The first kappa shape index (κ1) is 14.0. The highest BCUT2D eigenvalue weighted by Crippen LogP contribution is 2.34. The fourth-order valence-electron chi connectivity index (χ4n) is 2.01. The van der Waals surface area contributed by atoms with Crippen molar-refractivity contribution >= 4 is 11.9 Å². The van der Waals surface area contributed by atoms with E-state index in [0.717, 1.165) is 25.7 Å². The summed E-state index contributed by atoms with van der Waals surface area (Å²) in [5.41, 5.74) is -0.492. The van der Waals surface area contributed by atoms with Crippen LogP contribution in [0.2, 0.25) is 0 Å². The van der Waals surface area contributed by atoms with Gasteiger partial charge in [0.2, 0.25) is 5.91 Å². The van der Waals surface area contributed by atoms with Crippen molar-refractivity contribution in [2.45, 2.75) is 51.0 Å². The minimum absolute atomic E-state index is 0.0224. The van der Waals surface area contributed by atoms with Crippen LogP contribution in [0.3, 0.4) is 0 Å². The maximum Gasteiger partial charge on any atom is 0.305 e. The Morgan fingerprint density at radius 3 is 2.53 bits per heavy atom. The molecule has 1 aliphatic rings. The highest BCUT2D eigenvalue weighted by Gasteiger charge is 2.40. The van der Waals surface area contributed by atoms with Crippen molar-refractivity contribution < 1.29 is 19.4 Å². The molecule has 1 fully saturated rings. The van der Waals surface area contributed by atoms with Crippen molar-refractivity contribution in [1.29, 1.82) is 0 Å². The number of amides is 1. The zero-order chi connectivity index (χ0) is 12.7. The molecule has 0 aromatic rings. The Kier molecular flexibility index (Phi) is 5.41. The van der Waals surface area contributed by atoms with Gasteiger partial charge in [0.25, 0.3) is 0 Å². The van der Waals surface area contributed by atoms with Gasteiger partial charge in [0.1, 0.15) is 0 Å². The summed E-state index contributed by atoms with van der Waals surface area (Å²) in [6, 6.07) is 0. The van der Waals surface area contributed by atoms with E-state index in [2.05, 4.69) is 5.32 Å². The van der Waals surface area contributed by atoms with Crippen molar-refractivity contribution in [3.05, 3.63) is 0 Å². The van der Waals surface area contributed by atoms with Crippen LogP contribution in [0.4, 0.5) is 0 Å². The van der Waals surface area contributed by atoms with Crippen molar-refractivity contribution in [2.24, 2.45) is 0 Å². The number of ether oxygens (including phenoxy) is 1. The van der Waals surface area contributed by atoms with E-state index in [1.165, 1.54) is 0 Å². The highest BCUT2D eigenvalue weighted by molar-refractivity contribution is 5.78. The number of carboxylic acids is 1. The minimum Gasteiger partial charge on any atom is -0.481 e. The van der Waals surface area contributed by atoms with Crippen molar-refractivity contribution in [3.63, 3.8) is 0 Å². The summed E-state index contributed by atoms with van der Waals surface area (Å²) in [7, 11) is 0. The number of hydrogen-bond acceptors (Lipinski definition) is 3. The molecule has 0 heterocycles. The van der Waals surface area contributed by atoms with Crippen LogP contribution in [-0.4, -0.2) is 35.7 Å². The Hall–Kier alpha value is -1.10. The quantitative estimate of drug-likeness (QED) is 0.630. The molecule has 1 rings (SSSR count). The van der Waals surface area contributed by atoms with E-state index in [1.54, 1.807) is 0 Å². The molecule has 5 heteroatoms. The van der Waals surface area contributed by atoms with Gasteiger partial charge in [0, 0.05) is 13.0 Å². The molecule has 0 aromatic carbocycles. The zero-order valence-corrected chi connectivity index (χ0v) is 10.3. The van der Waals surface area contributed by atoms with Gasteiger partial charge in [-0.3, -0.25) is 9.59 Å². The average Bonchev–Trinajstić information content (AvgIpc) is 2.20. The number of carboxylic acid groups (broad SMARTS) is 1. The van der Waals surface area contributed by atoms with Crippen LogP contribution in [0, 0.1) is 0 Å². The summed E-state index contributed by atoms with van der Waals surface area (Å²) in [6.45, 7) is 3.08. The molecular weight excluding hydrogens is 222 g/mol. The molecular formula is C12H21NO4. The molecule has 17 heavy (non-hydrogen) atoms. The molecule has 98 valence electrons. The average molecular weight is 243 g/mol. The fraction of sp³-hybridized carbons (Fsp3) is 0.833. The smallest absolute Gasteiger partial charge is 0.305 e. The van der Waals surface area contributed by atoms with Crippen LogP contribution in [0.1, 0.15) is 45.4 Å². The van der Waals surface area contributed by atoms with Gasteiger partial charge in [-0.15, -0.1) is 0 Å². The molecule has 2 N–H and O–H groups in total. The Labute approximate surface area is 102 Å². The molecule has 0 radical (unpaired) electrons. The van der Waals surface area contributed by atoms with Crippen molar-refractivity contribution in [2.75, 3.05) is 13.2 Å². The van der Waals surface area contributed by atoms with E-state index in [-0.39, 0.29) is 12.3 Å². The molecule has 1 saturated carbocycles. The summed E-state index contributed by atoms with van der Waals surface area (Å²) in [5, 5.41) is 11.6. The van der Waals surface area contributed by atoms with E-state index in [4.69, 9.17) is 9.84 Å². The number of carbonyl (C=O) groups excluding carboxylic acids is 1. The van der Waals surface area contributed by atoms with Crippen LogP contribution in [0.15, 0.2) is 0 Å². The van der Waals surface area contributed by atoms with E-state index >= 15 is 0 Å². The lowest BCUT2D eigenvalue weighted by molar-refractivity contribution is -0.140. The second kappa shape index (κ2) is 6.59. The monoisotopic (exact) mass is 243 g/mol. The molecule has 0 bridgehead atoms. The zero-order valence-electron chi connectivity index (χ0n) is 10.3. The second-order valence-corrected chi connectivity index (χ2v) is 4.61. The Morgan fingerprint density at radius 1 is 1.35 bits per heavy atom. The Bertz CT molecular complexity index is 274. The Morgan fingerprint density at radius 2 is 2.06 bits per heavy atom. The lowest BCUT2D eigenvalue weighted by Crippen LogP contribution is -2.54. The summed E-state index contributed by atoms with van der Waals surface area (Å²) in [4.78, 5) is 22.3. The fourth-order valence-corrected chi connectivity index (χ4v) is 2.01. The van der Waals surface area contributed by atoms with Gasteiger partial charge in [0.15, 0.2) is 0 Å². The Balaban J connectivity index is 2.25. The molecule has 1 aliphatic carbocycles. The van der Waals surface area contributed by atoms with Gasteiger partial charge in [-0.25, -0.2) is 0 Å². The maximum atomic E-state index is 11.6. The van der Waals surface area contributed by atoms with Gasteiger partial charge in [0.05, 0.1) is 18.6 Å². The molecule has 5 nitrogen and oxygen atoms in total. The van der Waals surface area contributed by atoms with E-state index in [9.17, 15) is 9.59 Å². The molecule has 0 aromatic heterocycles. The largest absolute Gasteiger partial charge is 0.481 e. The lowest BCUT2D eigenvalue weighted by Gasteiger charge is -2.41. The van der Waals surface area contributed by atoms with Crippen LogP contribution >= 0.6 is 0 Å². The van der Waals surface area contributed by atoms with E-state index in [1.807, 2.05) is 6.92 Å². The molecule has 0 saturated heterocycles. The second-order valence-electron chi connectivity index (χ2n) is 4.61. The standard InChI is InChI=1S/C12H21NO4/c1-2-7-17-8-4-10(14)13-12(5-3-6-12)9-11(15)16/h2-9H2,1H3,(H,13,14)(H,15,16).